The quantitative estimate of drug-likeness (QED) is 0.417. The first-order chi connectivity index (χ1) is 7.69. The van der Waals surface area contributed by atoms with E-state index in [1.54, 1.807) is 0 Å². The summed E-state index contributed by atoms with van der Waals surface area (Å²) in [4.78, 5) is 31.9. The summed E-state index contributed by atoms with van der Waals surface area (Å²) in [5, 5.41) is 0. The van der Waals surface area contributed by atoms with E-state index in [0.717, 1.165) is 0 Å². The van der Waals surface area contributed by atoms with E-state index in [4.69, 9.17) is 0 Å². The molecule has 1 aromatic carbocycles. The molecule has 0 aliphatic carbocycles. The van der Waals surface area contributed by atoms with Crippen LogP contribution in [-0.2, 0) is 9.53 Å². The van der Waals surface area contributed by atoms with E-state index in [0.29, 0.717) is 29.3 Å². The Bertz CT molecular complexity index is 465. The van der Waals surface area contributed by atoms with E-state index in [9.17, 15) is 14.4 Å². The summed E-state index contributed by atoms with van der Waals surface area (Å²) < 4.78 is 4.33. The molecule has 4 heteroatoms. The highest BCUT2D eigenvalue weighted by molar-refractivity contribution is 5.89. The third-order valence-corrected chi connectivity index (χ3v) is 1.74. The molecule has 0 bridgehead atoms. The lowest BCUT2D eigenvalue weighted by Gasteiger charge is -1.95. The molecular weight excluding hydrogens is 208 g/mol. The van der Waals surface area contributed by atoms with Crippen LogP contribution in [0.15, 0.2) is 18.2 Å². The van der Waals surface area contributed by atoms with Crippen LogP contribution in [0.1, 0.15) is 26.3 Å². The van der Waals surface area contributed by atoms with Crippen LogP contribution in [0.2, 0.25) is 0 Å². The lowest BCUT2D eigenvalue weighted by Crippen LogP contribution is -1.95. The molecule has 0 aliphatic heterocycles. The third-order valence-electron chi connectivity index (χ3n) is 1.74. The van der Waals surface area contributed by atoms with Gasteiger partial charge in [-0.25, -0.2) is 4.79 Å². The molecule has 0 saturated heterocycles. The zero-order valence-corrected chi connectivity index (χ0v) is 8.52. The minimum atomic E-state index is -0.677. The fourth-order valence-electron chi connectivity index (χ4n) is 1.06. The highest BCUT2D eigenvalue weighted by Crippen LogP contribution is 2.06. The average Bonchev–Trinajstić information content (AvgIpc) is 2.35. The van der Waals surface area contributed by atoms with Crippen molar-refractivity contribution in [2.24, 2.45) is 0 Å². The van der Waals surface area contributed by atoms with Crippen molar-refractivity contribution in [1.82, 2.24) is 0 Å². The van der Waals surface area contributed by atoms with Gasteiger partial charge in [-0.15, -0.1) is 0 Å². The van der Waals surface area contributed by atoms with E-state index in [-0.39, 0.29) is 0 Å². The van der Waals surface area contributed by atoms with Gasteiger partial charge in [0.25, 0.3) is 0 Å². The van der Waals surface area contributed by atoms with Crippen molar-refractivity contribution in [2.45, 2.75) is 0 Å². The Morgan fingerprint density at radius 2 is 1.75 bits per heavy atom. The summed E-state index contributed by atoms with van der Waals surface area (Å²) in [6.45, 7) is 0. The second-order valence-electron chi connectivity index (χ2n) is 2.87. The van der Waals surface area contributed by atoms with E-state index >= 15 is 0 Å². The minimum absolute atomic E-state index is 0.332. The molecule has 1 rings (SSSR count). The first kappa shape index (κ1) is 11.7. The molecule has 80 valence electrons. The molecular formula is C12H8O4. The Labute approximate surface area is 92.2 Å². The fourth-order valence-corrected chi connectivity index (χ4v) is 1.06. The lowest BCUT2D eigenvalue weighted by molar-refractivity contribution is -0.133. The number of methoxy groups -OCH3 is 1. The van der Waals surface area contributed by atoms with Crippen molar-refractivity contribution >= 4 is 18.5 Å². The highest BCUT2D eigenvalue weighted by Gasteiger charge is 1.98. The van der Waals surface area contributed by atoms with E-state index in [1.807, 2.05) is 0 Å². The molecule has 0 atom stereocenters. The van der Waals surface area contributed by atoms with E-state index in [2.05, 4.69) is 16.6 Å². The van der Waals surface area contributed by atoms with Gasteiger partial charge in [0.2, 0.25) is 0 Å². The maximum Gasteiger partial charge on any atom is 0.384 e. The zero-order valence-electron chi connectivity index (χ0n) is 8.52. The lowest BCUT2D eigenvalue weighted by atomic mass is 10.1. The average molecular weight is 216 g/mol. The summed E-state index contributed by atoms with van der Waals surface area (Å²) in [5.74, 6) is 4.03. The van der Waals surface area contributed by atoms with Gasteiger partial charge in [0.05, 0.1) is 7.11 Å². The predicted octanol–water partition coefficient (Wildman–Crippen LogP) is 0.836. The van der Waals surface area contributed by atoms with Crippen molar-refractivity contribution in [3.63, 3.8) is 0 Å². The van der Waals surface area contributed by atoms with Crippen LogP contribution in [0, 0.1) is 11.8 Å². The van der Waals surface area contributed by atoms with Crippen molar-refractivity contribution in [1.29, 1.82) is 0 Å². The number of rotatable bonds is 2. The van der Waals surface area contributed by atoms with Crippen molar-refractivity contribution < 1.29 is 19.1 Å². The van der Waals surface area contributed by atoms with Crippen LogP contribution < -0.4 is 0 Å². The van der Waals surface area contributed by atoms with Crippen molar-refractivity contribution in [2.75, 3.05) is 7.11 Å². The van der Waals surface area contributed by atoms with E-state index in [1.165, 1.54) is 25.3 Å². The Morgan fingerprint density at radius 3 is 2.19 bits per heavy atom. The van der Waals surface area contributed by atoms with Crippen LogP contribution >= 0.6 is 0 Å². The van der Waals surface area contributed by atoms with Gasteiger partial charge in [-0.05, 0) is 18.2 Å². The number of benzene rings is 1. The molecule has 0 radical (unpaired) electrons. The van der Waals surface area contributed by atoms with Gasteiger partial charge in [-0.3, -0.25) is 9.59 Å². The van der Waals surface area contributed by atoms with Crippen LogP contribution in [0.3, 0.4) is 0 Å². The number of hydrogen-bond donors (Lipinski definition) is 0. The monoisotopic (exact) mass is 216 g/mol. The first-order valence-electron chi connectivity index (χ1n) is 4.35. The number of carbonyl (C=O) groups is 3. The maximum atomic E-state index is 10.8. The van der Waals surface area contributed by atoms with Crippen LogP contribution in [0.5, 0.6) is 0 Å². The van der Waals surface area contributed by atoms with E-state index < -0.39 is 5.97 Å². The van der Waals surface area contributed by atoms with Crippen LogP contribution in [-0.4, -0.2) is 25.7 Å². The largest absolute Gasteiger partial charge is 0.459 e. The van der Waals surface area contributed by atoms with Gasteiger partial charge < -0.3 is 4.74 Å². The minimum Gasteiger partial charge on any atom is -0.459 e. The van der Waals surface area contributed by atoms with Gasteiger partial charge in [0, 0.05) is 22.6 Å². The standard InChI is InChI=1S/C12H8O4/c1-16-12(15)3-2-9-4-10(7-13)6-11(5-9)8-14/h4-8H,1H3. The van der Waals surface area contributed by atoms with Gasteiger partial charge in [0.1, 0.15) is 12.6 Å². The predicted molar refractivity (Wildman–Crippen MR) is 56.1 cm³/mol. The number of esters is 1. The summed E-state index contributed by atoms with van der Waals surface area (Å²) in [6.07, 6.45) is 1.21. The molecule has 1 aromatic rings. The molecule has 0 aliphatic rings. The first-order valence-corrected chi connectivity index (χ1v) is 4.35. The highest BCUT2D eigenvalue weighted by atomic mass is 16.5. The Hall–Kier alpha value is -2.41. The number of ether oxygens (including phenoxy) is 1. The smallest absolute Gasteiger partial charge is 0.384 e. The summed E-state index contributed by atoms with van der Waals surface area (Å²) in [6, 6.07) is 4.40. The number of carbonyl (C=O) groups excluding carboxylic acids is 3. The number of hydrogen-bond acceptors (Lipinski definition) is 4. The normalized spacial score (nSPS) is 8.56. The number of aldehydes is 2. The summed E-state index contributed by atoms with van der Waals surface area (Å²) >= 11 is 0. The zero-order chi connectivity index (χ0) is 12.0. The van der Waals surface area contributed by atoms with Crippen LogP contribution in [0.25, 0.3) is 0 Å². The third kappa shape index (κ3) is 3.07. The second-order valence-corrected chi connectivity index (χ2v) is 2.87. The molecule has 0 saturated carbocycles. The molecule has 0 N–H and O–H groups in total. The van der Waals surface area contributed by atoms with Gasteiger partial charge >= 0.3 is 5.97 Å². The second kappa shape index (κ2) is 5.47. The molecule has 4 nitrogen and oxygen atoms in total. The van der Waals surface area contributed by atoms with Gasteiger partial charge in [-0.2, -0.15) is 0 Å². The Morgan fingerprint density at radius 1 is 1.19 bits per heavy atom. The SMILES string of the molecule is COC(=O)C#Cc1cc(C=O)cc(C=O)c1. The van der Waals surface area contributed by atoms with Gasteiger partial charge in [0.15, 0.2) is 0 Å². The molecule has 0 spiro atoms. The Kier molecular flexibility index (Phi) is 3.98. The van der Waals surface area contributed by atoms with Crippen molar-refractivity contribution in [3.05, 3.63) is 34.9 Å². The molecule has 0 aromatic heterocycles. The van der Waals surface area contributed by atoms with Crippen molar-refractivity contribution in [3.8, 4) is 11.8 Å². The molecule has 0 fully saturated rings. The maximum absolute atomic E-state index is 10.8. The van der Waals surface area contributed by atoms with Crippen LogP contribution in [0.4, 0.5) is 0 Å². The summed E-state index contributed by atoms with van der Waals surface area (Å²) in [7, 11) is 1.22. The molecule has 0 heterocycles. The molecule has 0 unspecified atom stereocenters. The molecule has 16 heavy (non-hydrogen) atoms. The summed E-state index contributed by atoms with van der Waals surface area (Å²) in [5.41, 5.74) is 1.08. The Balaban J connectivity index is 3.11. The van der Waals surface area contributed by atoms with Gasteiger partial charge in [-0.1, -0.05) is 5.92 Å². The topological polar surface area (TPSA) is 60.4 Å². The fraction of sp³-hybridized carbons (Fsp3) is 0.0833. The molecule has 0 amide bonds.